The van der Waals surface area contributed by atoms with Crippen LogP contribution in [0.15, 0.2) is 12.4 Å². The SMILES string of the molecule is CCCN(CCBr)C(=O)c1cnn(C)c1. The summed E-state index contributed by atoms with van der Waals surface area (Å²) in [6.07, 6.45) is 4.33. The molecule has 0 spiro atoms. The monoisotopic (exact) mass is 273 g/mol. The maximum absolute atomic E-state index is 12.0. The molecule has 0 aliphatic carbocycles. The quantitative estimate of drug-likeness (QED) is 0.766. The Bertz CT molecular complexity index is 318. The number of hydrogen-bond acceptors (Lipinski definition) is 2. The Kier molecular flexibility index (Phi) is 4.81. The van der Waals surface area contributed by atoms with Crippen molar-refractivity contribution in [3.8, 4) is 0 Å². The van der Waals surface area contributed by atoms with Gasteiger partial charge in [-0.05, 0) is 6.42 Å². The van der Waals surface area contributed by atoms with Gasteiger partial charge in [-0.2, -0.15) is 5.10 Å². The summed E-state index contributed by atoms with van der Waals surface area (Å²) in [5.74, 6) is 0.0596. The van der Waals surface area contributed by atoms with Crippen molar-refractivity contribution in [3.05, 3.63) is 18.0 Å². The summed E-state index contributed by atoms with van der Waals surface area (Å²) in [5, 5.41) is 4.80. The molecule has 0 aliphatic rings. The Hall–Kier alpha value is -0.840. The fourth-order valence-electron chi connectivity index (χ4n) is 1.40. The molecule has 1 heterocycles. The van der Waals surface area contributed by atoms with Gasteiger partial charge in [0.25, 0.3) is 5.91 Å². The van der Waals surface area contributed by atoms with Crippen LogP contribution in [0, 0.1) is 0 Å². The molecule has 5 heteroatoms. The number of aromatic nitrogens is 2. The minimum Gasteiger partial charge on any atom is -0.338 e. The highest BCUT2D eigenvalue weighted by atomic mass is 79.9. The third-order valence-electron chi connectivity index (χ3n) is 2.09. The predicted octanol–water partition coefficient (Wildman–Crippen LogP) is 1.67. The molecule has 1 aromatic heterocycles. The van der Waals surface area contributed by atoms with E-state index in [1.807, 2.05) is 11.9 Å². The summed E-state index contributed by atoms with van der Waals surface area (Å²) < 4.78 is 1.64. The average Bonchev–Trinajstić information content (AvgIpc) is 2.63. The largest absolute Gasteiger partial charge is 0.338 e. The number of halogens is 1. The van der Waals surface area contributed by atoms with E-state index >= 15 is 0 Å². The second kappa shape index (κ2) is 5.90. The van der Waals surface area contributed by atoms with Gasteiger partial charge < -0.3 is 4.90 Å². The molecular formula is C10H16BrN3O. The van der Waals surface area contributed by atoms with Crippen LogP contribution in [0.25, 0.3) is 0 Å². The van der Waals surface area contributed by atoms with Crippen molar-refractivity contribution in [2.75, 3.05) is 18.4 Å². The van der Waals surface area contributed by atoms with Crippen molar-refractivity contribution < 1.29 is 4.79 Å². The van der Waals surface area contributed by atoms with Crippen LogP contribution >= 0.6 is 15.9 Å². The highest BCUT2D eigenvalue weighted by Gasteiger charge is 2.15. The van der Waals surface area contributed by atoms with Crippen LogP contribution in [0.3, 0.4) is 0 Å². The third kappa shape index (κ3) is 3.34. The molecule has 0 saturated carbocycles. The lowest BCUT2D eigenvalue weighted by Gasteiger charge is -2.20. The van der Waals surface area contributed by atoms with Crippen molar-refractivity contribution in [3.63, 3.8) is 0 Å². The summed E-state index contributed by atoms with van der Waals surface area (Å²) >= 11 is 3.35. The first-order valence-electron chi connectivity index (χ1n) is 5.03. The van der Waals surface area contributed by atoms with Gasteiger partial charge in [-0.3, -0.25) is 9.48 Å². The Morgan fingerprint density at radius 2 is 2.33 bits per heavy atom. The number of rotatable bonds is 5. The van der Waals surface area contributed by atoms with E-state index in [9.17, 15) is 4.79 Å². The van der Waals surface area contributed by atoms with Gasteiger partial charge in [0.15, 0.2) is 0 Å². The van der Waals surface area contributed by atoms with E-state index < -0.39 is 0 Å². The van der Waals surface area contributed by atoms with Crippen molar-refractivity contribution in [1.29, 1.82) is 0 Å². The lowest BCUT2D eigenvalue weighted by molar-refractivity contribution is 0.0766. The van der Waals surface area contributed by atoms with Gasteiger partial charge in [-0.25, -0.2) is 0 Å². The fraction of sp³-hybridized carbons (Fsp3) is 0.600. The predicted molar refractivity (Wildman–Crippen MR) is 63.2 cm³/mol. The molecule has 0 N–H and O–H groups in total. The highest BCUT2D eigenvalue weighted by molar-refractivity contribution is 9.09. The minimum atomic E-state index is 0.0596. The highest BCUT2D eigenvalue weighted by Crippen LogP contribution is 2.04. The van der Waals surface area contributed by atoms with Crippen LogP contribution in [0.1, 0.15) is 23.7 Å². The van der Waals surface area contributed by atoms with Gasteiger partial charge in [0.05, 0.1) is 11.8 Å². The number of hydrogen-bond donors (Lipinski definition) is 0. The molecular weight excluding hydrogens is 258 g/mol. The van der Waals surface area contributed by atoms with Gasteiger partial charge in [-0.15, -0.1) is 0 Å². The molecule has 0 fully saturated rings. The summed E-state index contributed by atoms with van der Waals surface area (Å²) in [7, 11) is 1.81. The van der Waals surface area contributed by atoms with E-state index in [-0.39, 0.29) is 5.91 Å². The van der Waals surface area contributed by atoms with E-state index in [0.29, 0.717) is 5.56 Å². The molecule has 84 valence electrons. The summed E-state index contributed by atoms with van der Waals surface area (Å²) in [6, 6.07) is 0. The Balaban J connectivity index is 2.71. The molecule has 4 nitrogen and oxygen atoms in total. The van der Waals surface area contributed by atoms with Crippen LogP contribution in [0.2, 0.25) is 0 Å². The zero-order valence-electron chi connectivity index (χ0n) is 9.11. The van der Waals surface area contributed by atoms with E-state index in [2.05, 4.69) is 28.0 Å². The normalized spacial score (nSPS) is 10.3. The average molecular weight is 274 g/mol. The van der Waals surface area contributed by atoms with Gasteiger partial charge in [-0.1, -0.05) is 22.9 Å². The number of alkyl halides is 1. The first kappa shape index (κ1) is 12.2. The molecule has 0 saturated heterocycles. The molecule has 1 amide bonds. The maximum Gasteiger partial charge on any atom is 0.257 e. The lowest BCUT2D eigenvalue weighted by Crippen LogP contribution is -2.33. The first-order valence-corrected chi connectivity index (χ1v) is 6.15. The van der Waals surface area contributed by atoms with Crippen LogP contribution in [0.5, 0.6) is 0 Å². The maximum atomic E-state index is 12.0. The molecule has 1 rings (SSSR count). The third-order valence-corrected chi connectivity index (χ3v) is 2.44. The van der Waals surface area contributed by atoms with Gasteiger partial charge in [0.1, 0.15) is 0 Å². The lowest BCUT2D eigenvalue weighted by atomic mass is 10.3. The zero-order chi connectivity index (χ0) is 11.3. The first-order chi connectivity index (χ1) is 7.19. The van der Waals surface area contributed by atoms with Gasteiger partial charge >= 0.3 is 0 Å². The standard InChI is InChI=1S/C10H16BrN3O/c1-3-5-14(6-4-11)10(15)9-7-12-13(2)8-9/h7-8H,3-6H2,1-2H3. The van der Waals surface area contributed by atoms with Crippen LogP contribution in [-0.2, 0) is 7.05 Å². The zero-order valence-corrected chi connectivity index (χ0v) is 10.7. The molecule has 0 atom stereocenters. The second-order valence-electron chi connectivity index (χ2n) is 3.38. The van der Waals surface area contributed by atoms with E-state index in [1.54, 1.807) is 17.1 Å². The van der Waals surface area contributed by atoms with Crippen molar-refractivity contribution in [1.82, 2.24) is 14.7 Å². The van der Waals surface area contributed by atoms with Gasteiger partial charge in [0.2, 0.25) is 0 Å². The summed E-state index contributed by atoms with van der Waals surface area (Å²) in [6.45, 7) is 3.60. The molecule has 0 aliphatic heterocycles. The summed E-state index contributed by atoms with van der Waals surface area (Å²) in [5.41, 5.74) is 0.659. The fourth-order valence-corrected chi connectivity index (χ4v) is 1.83. The smallest absolute Gasteiger partial charge is 0.257 e. The van der Waals surface area contributed by atoms with E-state index in [4.69, 9.17) is 0 Å². The van der Waals surface area contributed by atoms with Crippen molar-refractivity contribution >= 4 is 21.8 Å². The van der Waals surface area contributed by atoms with Gasteiger partial charge in [0, 0.05) is 31.7 Å². The number of nitrogens with zero attached hydrogens (tertiary/aromatic N) is 3. The molecule has 0 bridgehead atoms. The van der Waals surface area contributed by atoms with Crippen LogP contribution < -0.4 is 0 Å². The van der Waals surface area contributed by atoms with E-state index in [0.717, 1.165) is 24.8 Å². The minimum absolute atomic E-state index is 0.0596. The van der Waals surface area contributed by atoms with Crippen LogP contribution in [-0.4, -0.2) is 39.0 Å². The molecule has 15 heavy (non-hydrogen) atoms. The van der Waals surface area contributed by atoms with Crippen molar-refractivity contribution in [2.45, 2.75) is 13.3 Å². The number of carbonyl (C=O) groups is 1. The molecule has 0 aromatic carbocycles. The van der Waals surface area contributed by atoms with Crippen LogP contribution in [0.4, 0.5) is 0 Å². The second-order valence-corrected chi connectivity index (χ2v) is 4.18. The van der Waals surface area contributed by atoms with E-state index in [1.165, 1.54) is 0 Å². The van der Waals surface area contributed by atoms with Crippen molar-refractivity contribution in [2.24, 2.45) is 7.05 Å². The summed E-state index contributed by atoms with van der Waals surface area (Å²) in [4.78, 5) is 13.8. The Morgan fingerprint density at radius 3 is 2.80 bits per heavy atom. The molecule has 0 radical (unpaired) electrons. The Labute approximate surface area is 98.4 Å². The number of carbonyl (C=O) groups excluding carboxylic acids is 1. The topological polar surface area (TPSA) is 38.1 Å². The number of amides is 1. The Morgan fingerprint density at radius 1 is 1.60 bits per heavy atom. The molecule has 1 aromatic rings. The number of aryl methyl sites for hydroxylation is 1. The molecule has 0 unspecified atom stereocenters.